The van der Waals surface area contributed by atoms with E-state index in [0.29, 0.717) is 11.1 Å². The van der Waals surface area contributed by atoms with Gasteiger partial charge in [0.1, 0.15) is 0 Å². The molecule has 0 radical (unpaired) electrons. The van der Waals surface area contributed by atoms with Gasteiger partial charge in [-0.1, -0.05) is 35.9 Å². The van der Waals surface area contributed by atoms with E-state index >= 15 is 0 Å². The maximum absolute atomic E-state index is 11.7. The van der Waals surface area contributed by atoms with Gasteiger partial charge in [-0.25, -0.2) is 4.79 Å². The van der Waals surface area contributed by atoms with E-state index in [1.54, 1.807) is 54.6 Å². The minimum Gasteiger partial charge on any atom is -0.452 e. The first-order valence-electron chi connectivity index (χ1n) is 6.69. The maximum atomic E-state index is 11.7. The van der Waals surface area contributed by atoms with Crippen molar-refractivity contribution in [2.45, 2.75) is 6.92 Å². The highest BCUT2D eigenvalue weighted by Crippen LogP contribution is 2.04. The summed E-state index contributed by atoms with van der Waals surface area (Å²) in [7, 11) is 0. The van der Waals surface area contributed by atoms with E-state index in [1.807, 2.05) is 6.92 Å². The number of nitrogens with one attached hydrogen (secondary N) is 1. The lowest BCUT2D eigenvalue weighted by molar-refractivity contribution is -0.123. The zero-order valence-corrected chi connectivity index (χ0v) is 12.0. The number of esters is 1. The van der Waals surface area contributed by atoms with E-state index < -0.39 is 24.4 Å². The summed E-state index contributed by atoms with van der Waals surface area (Å²) in [5, 5.41) is 2.16. The van der Waals surface area contributed by atoms with Crippen LogP contribution < -0.4 is 5.32 Å². The number of benzene rings is 2. The molecular weight excluding hydrogens is 282 g/mol. The van der Waals surface area contributed by atoms with Crippen LogP contribution in [0.25, 0.3) is 0 Å². The van der Waals surface area contributed by atoms with Crippen molar-refractivity contribution < 1.29 is 19.1 Å². The molecule has 2 amide bonds. The Balaban J connectivity index is 1.84. The Morgan fingerprint density at radius 1 is 0.909 bits per heavy atom. The van der Waals surface area contributed by atoms with E-state index in [0.717, 1.165) is 5.56 Å². The van der Waals surface area contributed by atoms with E-state index in [4.69, 9.17) is 4.74 Å². The summed E-state index contributed by atoms with van der Waals surface area (Å²) >= 11 is 0. The van der Waals surface area contributed by atoms with E-state index in [-0.39, 0.29) is 0 Å². The van der Waals surface area contributed by atoms with Crippen LogP contribution in [0, 0.1) is 6.92 Å². The van der Waals surface area contributed by atoms with Crippen molar-refractivity contribution >= 4 is 17.8 Å². The molecule has 1 N–H and O–H groups in total. The molecule has 0 bridgehead atoms. The fourth-order valence-electron chi connectivity index (χ4n) is 1.73. The lowest BCUT2D eigenvalue weighted by Crippen LogP contribution is -2.34. The number of amides is 2. The Morgan fingerprint density at radius 3 is 2.18 bits per heavy atom. The maximum Gasteiger partial charge on any atom is 0.338 e. The molecule has 0 unspecified atom stereocenters. The van der Waals surface area contributed by atoms with Crippen molar-refractivity contribution in [1.29, 1.82) is 0 Å². The van der Waals surface area contributed by atoms with Crippen LogP contribution in [0.2, 0.25) is 0 Å². The monoisotopic (exact) mass is 297 g/mol. The molecule has 5 heteroatoms. The molecule has 2 rings (SSSR count). The standard InChI is InChI=1S/C17H15NO4/c1-12-7-9-14(10-8-12)17(21)22-11-15(19)18-16(20)13-5-3-2-4-6-13/h2-10H,11H2,1H3,(H,18,19,20). The number of carbonyl (C=O) groups is 3. The summed E-state index contributed by atoms with van der Waals surface area (Å²) < 4.78 is 4.86. The summed E-state index contributed by atoms with van der Waals surface area (Å²) in [6.07, 6.45) is 0. The molecule has 0 atom stereocenters. The van der Waals surface area contributed by atoms with Crippen LogP contribution in [0.5, 0.6) is 0 Å². The Hall–Kier alpha value is -2.95. The first-order chi connectivity index (χ1) is 10.6. The summed E-state index contributed by atoms with van der Waals surface area (Å²) in [6, 6.07) is 15.1. The van der Waals surface area contributed by atoms with Gasteiger partial charge in [-0.05, 0) is 31.2 Å². The Morgan fingerprint density at radius 2 is 1.55 bits per heavy atom. The molecule has 0 heterocycles. The van der Waals surface area contributed by atoms with Gasteiger partial charge in [0.05, 0.1) is 5.56 Å². The third-order valence-electron chi connectivity index (χ3n) is 2.91. The summed E-state index contributed by atoms with van der Waals surface area (Å²) in [4.78, 5) is 35.1. The fraction of sp³-hybridized carbons (Fsp3) is 0.118. The third-order valence-corrected chi connectivity index (χ3v) is 2.91. The van der Waals surface area contributed by atoms with Crippen molar-refractivity contribution in [3.05, 3.63) is 71.3 Å². The van der Waals surface area contributed by atoms with Crippen LogP contribution in [0.3, 0.4) is 0 Å². The van der Waals surface area contributed by atoms with Gasteiger partial charge < -0.3 is 4.74 Å². The molecule has 0 saturated heterocycles. The van der Waals surface area contributed by atoms with Gasteiger partial charge in [-0.2, -0.15) is 0 Å². The lowest BCUT2D eigenvalue weighted by atomic mass is 10.1. The second-order valence-corrected chi connectivity index (χ2v) is 4.69. The molecule has 0 aliphatic carbocycles. The average Bonchev–Trinajstić information content (AvgIpc) is 2.54. The van der Waals surface area contributed by atoms with Crippen LogP contribution in [-0.2, 0) is 9.53 Å². The highest BCUT2D eigenvalue weighted by Gasteiger charge is 2.13. The quantitative estimate of drug-likeness (QED) is 0.877. The Bertz CT molecular complexity index is 678. The summed E-state index contributed by atoms with van der Waals surface area (Å²) in [5.74, 6) is -1.81. The number of imide groups is 1. The van der Waals surface area contributed by atoms with Crippen LogP contribution in [0.1, 0.15) is 26.3 Å². The first-order valence-corrected chi connectivity index (χ1v) is 6.69. The number of rotatable bonds is 4. The number of aryl methyl sites for hydroxylation is 1. The molecule has 22 heavy (non-hydrogen) atoms. The van der Waals surface area contributed by atoms with Gasteiger partial charge in [-0.3, -0.25) is 14.9 Å². The predicted octanol–water partition coefficient (Wildman–Crippen LogP) is 2.11. The summed E-state index contributed by atoms with van der Waals surface area (Å²) in [5.41, 5.74) is 1.73. The van der Waals surface area contributed by atoms with Gasteiger partial charge in [0, 0.05) is 5.56 Å². The second kappa shape index (κ2) is 7.17. The first kappa shape index (κ1) is 15.4. The molecule has 0 saturated carbocycles. The molecule has 0 spiro atoms. The van der Waals surface area contributed by atoms with Gasteiger partial charge in [-0.15, -0.1) is 0 Å². The minimum atomic E-state index is -0.672. The Kier molecular flexibility index (Phi) is 5.03. The zero-order valence-electron chi connectivity index (χ0n) is 12.0. The average molecular weight is 297 g/mol. The van der Waals surface area contributed by atoms with E-state index in [9.17, 15) is 14.4 Å². The third kappa shape index (κ3) is 4.28. The normalized spacial score (nSPS) is 9.86. The lowest BCUT2D eigenvalue weighted by Gasteiger charge is -2.06. The van der Waals surface area contributed by atoms with Crippen LogP contribution >= 0.6 is 0 Å². The van der Waals surface area contributed by atoms with Crippen LogP contribution in [0.15, 0.2) is 54.6 Å². The SMILES string of the molecule is Cc1ccc(C(=O)OCC(=O)NC(=O)c2ccccc2)cc1. The predicted molar refractivity (Wildman–Crippen MR) is 80.4 cm³/mol. The number of hydrogen-bond donors (Lipinski definition) is 1. The van der Waals surface area contributed by atoms with Crippen molar-refractivity contribution in [1.82, 2.24) is 5.32 Å². The molecule has 5 nitrogen and oxygen atoms in total. The minimum absolute atomic E-state index is 0.354. The smallest absolute Gasteiger partial charge is 0.338 e. The van der Waals surface area contributed by atoms with E-state index in [2.05, 4.69) is 5.32 Å². The molecule has 0 aliphatic heterocycles. The number of carbonyl (C=O) groups excluding carboxylic acids is 3. The van der Waals surface area contributed by atoms with Gasteiger partial charge in [0.2, 0.25) is 0 Å². The van der Waals surface area contributed by atoms with Crippen molar-refractivity contribution in [2.75, 3.05) is 6.61 Å². The molecule has 0 aromatic heterocycles. The van der Waals surface area contributed by atoms with E-state index in [1.165, 1.54) is 0 Å². The molecular formula is C17H15NO4. The van der Waals surface area contributed by atoms with Gasteiger partial charge in [0.15, 0.2) is 6.61 Å². The van der Waals surface area contributed by atoms with Crippen molar-refractivity contribution in [3.63, 3.8) is 0 Å². The van der Waals surface area contributed by atoms with Crippen molar-refractivity contribution in [3.8, 4) is 0 Å². The molecule has 0 aliphatic rings. The van der Waals surface area contributed by atoms with Gasteiger partial charge >= 0.3 is 5.97 Å². The number of hydrogen-bond acceptors (Lipinski definition) is 4. The number of ether oxygens (including phenoxy) is 1. The van der Waals surface area contributed by atoms with Crippen LogP contribution in [0.4, 0.5) is 0 Å². The summed E-state index contributed by atoms with van der Waals surface area (Å²) in [6.45, 7) is 1.39. The van der Waals surface area contributed by atoms with Gasteiger partial charge in [0.25, 0.3) is 11.8 Å². The second-order valence-electron chi connectivity index (χ2n) is 4.69. The molecule has 2 aromatic carbocycles. The highest BCUT2D eigenvalue weighted by atomic mass is 16.5. The topological polar surface area (TPSA) is 72.5 Å². The van der Waals surface area contributed by atoms with Crippen LogP contribution in [-0.4, -0.2) is 24.4 Å². The zero-order chi connectivity index (χ0) is 15.9. The van der Waals surface area contributed by atoms with Crippen molar-refractivity contribution in [2.24, 2.45) is 0 Å². The fourth-order valence-corrected chi connectivity index (χ4v) is 1.73. The largest absolute Gasteiger partial charge is 0.452 e. The molecule has 112 valence electrons. The Labute approximate surface area is 127 Å². The molecule has 0 fully saturated rings. The highest BCUT2D eigenvalue weighted by molar-refractivity contribution is 6.05. The molecule has 2 aromatic rings.